The number of hydrogen-bond donors (Lipinski definition) is 1. The summed E-state index contributed by atoms with van der Waals surface area (Å²) in [6.45, 7) is 5.51. The second kappa shape index (κ2) is 4.05. The fraction of sp³-hybridized carbons (Fsp3) is 0.889. The smallest absolute Gasteiger partial charge is 0.306 e. The third kappa shape index (κ3) is 2.66. The second-order valence-electron chi connectivity index (χ2n) is 3.92. The number of rotatable bonds is 4. The van der Waals surface area contributed by atoms with E-state index in [4.69, 9.17) is 5.11 Å². The number of hydrogen-bond acceptors (Lipinski definition) is 2. The lowest BCUT2D eigenvalue weighted by molar-refractivity contribution is -0.139. The number of carboxylic acids is 1. The number of likely N-dealkylation sites (tertiary alicyclic amines) is 1. The largest absolute Gasteiger partial charge is 0.481 e. The zero-order chi connectivity index (χ0) is 10.0. The molecule has 0 aromatic carbocycles. The van der Waals surface area contributed by atoms with Crippen molar-refractivity contribution in [1.29, 1.82) is 0 Å². The first-order valence-electron chi connectivity index (χ1n) is 4.60. The Bertz CT molecular complexity index is 190. The summed E-state index contributed by atoms with van der Waals surface area (Å²) >= 11 is 0. The summed E-state index contributed by atoms with van der Waals surface area (Å²) < 4.78 is 13.1. The highest BCUT2D eigenvalue weighted by atomic mass is 19.1. The Morgan fingerprint density at radius 2 is 2.15 bits per heavy atom. The Hall–Kier alpha value is -0.640. The van der Waals surface area contributed by atoms with Gasteiger partial charge in [-0.25, -0.2) is 4.39 Å². The molecule has 76 valence electrons. The van der Waals surface area contributed by atoms with E-state index in [1.165, 1.54) is 0 Å². The van der Waals surface area contributed by atoms with Gasteiger partial charge in [-0.1, -0.05) is 0 Å². The van der Waals surface area contributed by atoms with Crippen molar-refractivity contribution in [1.82, 2.24) is 4.90 Å². The normalized spacial score (nSPS) is 21.5. The molecule has 1 rings (SSSR count). The molecule has 1 saturated heterocycles. The Balaban J connectivity index is 2.23. The van der Waals surface area contributed by atoms with Gasteiger partial charge in [-0.05, 0) is 13.8 Å². The van der Waals surface area contributed by atoms with Crippen LogP contribution in [-0.4, -0.2) is 41.3 Å². The van der Waals surface area contributed by atoms with Crippen molar-refractivity contribution in [2.45, 2.75) is 32.5 Å². The van der Waals surface area contributed by atoms with Crippen molar-refractivity contribution in [2.24, 2.45) is 5.92 Å². The Kier molecular flexibility index (Phi) is 3.25. The number of halogens is 1. The van der Waals surface area contributed by atoms with E-state index in [1.54, 1.807) is 0 Å². The minimum absolute atomic E-state index is 0.0708. The van der Waals surface area contributed by atoms with Crippen LogP contribution in [0.3, 0.4) is 0 Å². The average Bonchev–Trinajstić information content (AvgIpc) is 1.79. The molecule has 3 nitrogen and oxygen atoms in total. The van der Waals surface area contributed by atoms with Crippen LogP contribution >= 0.6 is 0 Å². The molecule has 0 bridgehead atoms. The zero-order valence-corrected chi connectivity index (χ0v) is 8.03. The minimum atomic E-state index is -1.17. The van der Waals surface area contributed by atoms with E-state index in [9.17, 15) is 9.18 Å². The van der Waals surface area contributed by atoms with Crippen LogP contribution in [0.4, 0.5) is 4.39 Å². The van der Waals surface area contributed by atoms with Crippen LogP contribution in [0.2, 0.25) is 0 Å². The number of nitrogens with zero attached hydrogens (tertiary/aromatic N) is 1. The van der Waals surface area contributed by atoms with Gasteiger partial charge in [0.15, 0.2) is 0 Å². The molecule has 0 aromatic heterocycles. The minimum Gasteiger partial charge on any atom is -0.481 e. The lowest BCUT2D eigenvalue weighted by Gasteiger charge is -2.43. The number of carbonyl (C=O) groups is 1. The van der Waals surface area contributed by atoms with E-state index >= 15 is 0 Å². The molecule has 1 atom stereocenters. The lowest BCUT2D eigenvalue weighted by Crippen LogP contribution is -2.53. The second-order valence-corrected chi connectivity index (χ2v) is 3.92. The summed E-state index contributed by atoms with van der Waals surface area (Å²) in [5.74, 6) is -1.12. The Labute approximate surface area is 77.5 Å². The fourth-order valence-corrected chi connectivity index (χ4v) is 1.53. The van der Waals surface area contributed by atoms with E-state index in [0.717, 1.165) is 0 Å². The van der Waals surface area contributed by atoms with Crippen molar-refractivity contribution < 1.29 is 14.3 Å². The average molecular weight is 189 g/mol. The molecule has 0 amide bonds. The molecule has 0 saturated carbocycles. The third-order valence-corrected chi connectivity index (χ3v) is 2.55. The summed E-state index contributed by atoms with van der Waals surface area (Å²) in [7, 11) is 0. The van der Waals surface area contributed by atoms with Crippen LogP contribution in [-0.2, 0) is 4.79 Å². The van der Waals surface area contributed by atoms with Gasteiger partial charge >= 0.3 is 5.97 Å². The van der Waals surface area contributed by atoms with Crippen molar-refractivity contribution in [2.75, 3.05) is 13.1 Å². The van der Waals surface area contributed by atoms with Crippen molar-refractivity contribution in [3.8, 4) is 0 Å². The molecular formula is C9H16FNO2. The maximum absolute atomic E-state index is 13.1. The lowest BCUT2D eigenvalue weighted by atomic mass is 9.91. The van der Waals surface area contributed by atoms with Crippen LogP contribution in [0.5, 0.6) is 0 Å². The molecule has 1 heterocycles. The monoisotopic (exact) mass is 189 g/mol. The first-order valence-corrected chi connectivity index (χ1v) is 4.60. The van der Waals surface area contributed by atoms with Crippen LogP contribution < -0.4 is 0 Å². The van der Waals surface area contributed by atoms with Gasteiger partial charge in [0.05, 0.1) is 6.42 Å². The summed E-state index contributed by atoms with van der Waals surface area (Å²) in [6.07, 6.45) is -1.52. The summed E-state index contributed by atoms with van der Waals surface area (Å²) in [5, 5.41) is 8.37. The standard InChI is InChI=1S/C9H16FNO2/c1-6(2)11-4-7(5-11)8(10)3-9(12)13/h6-8H,3-5H2,1-2H3,(H,12,13). The molecular weight excluding hydrogens is 173 g/mol. The van der Waals surface area contributed by atoms with Gasteiger partial charge < -0.3 is 10.0 Å². The first kappa shape index (κ1) is 10.4. The van der Waals surface area contributed by atoms with Crippen LogP contribution in [0.15, 0.2) is 0 Å². The maximum atomic E-state index is 13.1. The molecule has 0 aromatic rings. The van der Waals surface area contributed by atoms with Gasteiger partial charge in [0.2, 0.25) is 0 Å². The molecule has 1 fully saturated rings. The first-order chi connectivity index (χ1) is 6.00. The van der Waals surface area contributed by atoms with Gasteiger partial charge in [0.25, 0.3) is 0 Å². The predicted molar refractivity (Wildman–Crippen MR) is 47.3 cm³/mol. The van der Waals surface area contributed by atoms with Crippen LogP contribution in [0.1, 0.15) is 20.3 Å². The van der Waals surface area contributed by atoms with E-state index in [1.807, 2.05) is 0 Å². The topological polar surface area (TPSA) is 40.5 Å². The molecule has 0 radical (unpaired) electrons. The van der Waals surface area contributed by atoms with Gasteiger partial charge in [-0.15, -0.1) is 0 Å². The number of carboxylic acid groups (broad SMARTS) is 1. The molecule has 0 spiro atoms. The van der Waals surface area contributed by atoms with Crippen molar-refractivity contribution in [3.63, 3.8) is 0 Å². The van der Waals surface area contributed by atoms with E-state index in [2.05, 4.69) is 18.7 Å². The Morgan fingerprint density at radius 3 is 2.54 bits per heavy atom. The molecule has 1 unspecified atom stereocenters. The molecule has 1 aliphatic heterocycles. The summed E-state index contributed by atoms with van der Waals surface area (Å²) in [5.41, 5.74) is 0. The highest BCUT2D eigenvalue weighted by Crippen LogP contribution is 2.25. The maximum Gasteiger partial charge on any atom is 0.306 e. The van der Waals surface area contributed by atoms with Gasteiger partial charge in [-0.2, -0.15) is 0 Å². The van der Waals surface area contributed by atoms with Gasteiger partial charge in [0, 0.05) is 25.0 Å². The molecule has 1 aliphatic rings. The fourth-order valence-electron chi connectivity index (χ4n) is 1.53. The summed E-state index contributed by atoms with van der Waals surface area (Å²) in [6, 6.07) is 0.438. The van der Waals surface area contributed by atoms with E-state index < -0.39 is 12.1 Å². The van der Waals surface area contributed by atoms with Gasteiger partial charge in [-0.3, -0.25) is 4.79 Å². The van der Waals surface area contributed by atoms with Crippen molar-refractivity contribution >= 4 is 5.97 Å². The third-order valence-electron chi connectivity index (χ3n) is 2.55. The molecule has 0 aliphatic carbocycles. The Morgan fingerprint density at radius 1 is 1.62 bits per heavy atom. The number of alkyl halides is 1. The van der Waals surface area contributed by atoms with Crippen LogP contribution in [0.25, 0.3) is 0 Å². The van der Waals surface area contributed by atoms with Crippen molar-refractivity contribution in [3.05, 3.63) is 0 Å². The molecule has 13 heavy (non-hydrogen) atoms. The van der Waals surface area contributed by atoms with E-state index in [0.29, 0.717) is 19.1 Å². The van der Waals surface area contributed by atoms with Crippen LogP contribution in [0, 0.1) is 5.92 Å². The van der Waals surface area contributed by atoms with Gasteiger partial charge in [0.1, 0.15) is 6.17 Å². The highest BCUT2D eigenvalue weighted by molar-refractivity contribution is 5.67. The van der Waals surface area contributed by atoms with E-state index in [-0.39, 0.29) is 12.3 Å². The SMILES string of the molecule is CC(C)N1CC(C(F)CC(=O)O)C1. The number of aliphatic carboxylic acids is 1. The quantitative estimate of drug-likeness (QED) is 0.721. The molecule has 4 heteroatoms. The summed E-state index contributed by atoms with van der Waals surface area (Å²) in [4.78, 5) is 12.4. The predicted octanol–water partition coefficient (Wildman–Crippen LogP) is 1.14. The zero-order valence-electron chi connectivity index (χ0n) is 8.03. The molecule has 1 N–H and O–H groups in total. The highest BCUT2D eigenvalue weighted by Gasteiger charge is 2.35.